The molecular formula is C22H26N2O4. The van der Waals surface area contributed by atoms with E-state index in [1.165, 1.54) is 0 Å². The van der Waals surface area contributed by atoms with Gasteiger partial charge in [-0.25, -0.2) is 4.79 Å². The number of amides is 2. The fraction of sp³-hybridized carbons (Fsp3) is 0.364. The lowest BCUT2D eigenvalue weighted by Gasteiger charge is -2.31. The molecule has 148 valence electrons. The van der Waals surface area contributed by atoms with Crippen LogP contribution in [-0.2, 0) is 9.53 Å². The molecule has 6 nitrogen and oxygen atoms in total. The molecule has 1 atom stereocenters. The quantitative estimate of drug-likeness (QED) is 0.843. The van der Waals surface area contributed by atoms with Gasteiger partial charge in [0.2, 0.25) is 5.91 Å². The first kappa shape index (κ1) is 19.7. The van der Waals surface area contributed by atoms with Crippen LogP contribution in [0.15, 0.2) is 48.5 Å². The highest BCUT2D eigenvalue weighted by atomic mass is 16.6. The summed E-state index contributed by atoms with van der Waals surface area (Å²) in [6, 6.07) is 15.4. The van der Waals surface area contributed by atoms with Crippen molar-refractivity contribution in [3.05, 3.63) is 48.5 Å². The van der Waals surface area contributed by atoms with E-state index in [2.05, 4.69) is 5.32 Å². The van der Waals surface area contributed by atoms with Crippen molar-refractivity contribution in [3.8, 4) is 16.9 Å². The summed E-state index contributed by atoms with van der Waals surface area (Å²) in [6.07, 6.45) is 1.20. The first-order chi connectivity index (χ1) is 13.6. The number of nitrogens with one attached hydrogen (secondary N) is 1. The number of ether oxygens (including phenoxy) is 2. The molecule has 2 aromatic carbocycles. The highest BCUT2D eigenvalue weighted by molar-refractivity contribution is 5.97. The Morgan fingerprint density at radius 3 is 2.61 bits per heavy atom. The molecule has 28 heavy (non-hydrogen) atoms. The maximum atomic E-state index is 12.9. The number of anilines is 1. The number of para-hydroxylation sites is 1. The number of rotatable bonds is 5. The highest BCUT2D eigenvalue weighted by Gasteiger charge is 2.29. The third-order valence-corrected chi connectivity index (χ3v) is 4.90. The van der Waals surface area contributed by atoms with Crippen LogP contribution in [-0.4, -0.2) is 43.7 Å². The number of hydrogen-bond donors (Lipinski definition) is 1. The molecule has 2 amide bonds. The monoisotopic (exact) mass is 382 g/mol. The van der Waals surface area contributed by atoms with E-state index in [-0.39, 0.29) is 17.9 Å². The van der Waals surface area contributed by atoms with Gasteiger partial charge < -0.3 is 19.7 Å². The first-order valence-electron chi connectivity index (χ1n) is 9.58. The van der Waals surface area contributed by atoms with Crippen molar-refractivity contribution in [2.75, 3.05) is 32.1 Å². The summed E-state index contributed by atoms with van der Waals surface area (Å²) >= 11 is 0. The predicted molar refractivity (Wildman–Crippen MR) is 108 cm³/mol. The average molecular weight is 382 g/mol. The molecular weight excluding hydrogens is 356 g/mol. The van der Waals surface area contributed by atoms with Crippen LogP contribution in [0.4, 0.5) is 10.5 Å². The Morgan fingerprint density at radius 2 is 1.89 bits per heavy atom. The molecule has 3 rings (SSSR count). The Morgan fingerprint density at radius 1 is 1.14 bits per heavy atom. The Kier molecular flexibility index (Phi) is 6.53. The van der Waals surface area contributed by atoms with Gasteiger partial charge in [-0.3, -0.25) is 4.79 Å². The Hall–Kier alpha value is -3.02. The molecule has 0 aliphatic carbocycles. The van der Waals surface area contributed by atoms with Gasteiger partial charge in [-0.1, -0.05) is 30.3 Å². The lowest BCUT2D eigenvalue weighted by atomic mass is 9.96. The highest BCUT2D eigenvalue weighted by Crippen LogP contribution is 2.30. The third-order valence-electron chi connectivity index (χ3n) is 4.90. The van der Waals surface area contributed by atoms with Gasteiger partial charge in [0.05, 0.1) is 19.6 Å². The predicted octanol–water partition coefficient (Wildman–Crippen LogP) is 4.17. The summed E-state index contributed by atoms with van der Waals surface area (Å²) in [5, 5.41) is 3.05. The lowest BCUT2D eigenvalue weighted by Crippen LogP contribution is -2.44. The minimum absolute atomic E-state index is 0.0741. The molecule has 0 bridgehead atoms. The van der Waals surface area contributed by atoms with Crippen molar-refractivity contribution in [2.45, 2.75) is 19.8 Å². The molecule has 1 N–H and O–H groups in total. The van der Waals surface area contributed by atoms with Gasteiger partial charge in [0.1, 0.15) is 5.75 Å². The third kappa shape index (κ3) is 4.63. The molecule has 1 saturated heterocycles. The van der Waals surface area contributed by atoms with Gasteiger partial charge in [-0.15, -0.1) is 0 Å². The van der Waals surface area contributed by atoms with Crippen molar-refractivity contribution < 1.29 is 19.1 Å². The standard InChI is InChI=1S/C22H26N2O4/c1-3-28-22(26)24-14-6-7-17(15-24)21(25)23-20-9-5-4-8-19(20)16-10-12-18(27-2)13-11-16/h4-5,8-13,17H,3,6-7,14-15H2,1-2H3,(H,23,25). The van der Waals surface area contributed by atoms with Gasteiger partial charge in [0, 0.05) is 24.3 Å². The molecule has 1 aliphatic rings. The zero-order chi connectivity index (χ0) is 19.9. The summed E-state index contributed by atoms with van der Waals surface area (Å²) in [7, 11) is 1.63. The Bertz CT molecular complexity index is 820. The van der Waals surface area contributed by atoms with Crippen molar-refractivity contribution in [3.63, 3.8) is 0 Å². The summed E-state index contributed by atoms with van der Waals surface area (Å²) in [5.74, 6) is 0.462. The van der Waals surface area contributed by atoms with Gasteiger partial charge >= 0.3 is 6.09 Å². The van der Waals surface area contributed by atoms with Gasteiger partial charge in [0.25, 0.3) is 0 Å². The van der Waals surface area contributed by atoms with Crippen molar-refractivity contribution in [1.29, 1.82) is 0 Å². The smallest absolute Gasteiger partial charge is 0.409 e. The minimum Gasteiger partial charge on any atom is -0.497 e. The van der Waals surface area contributed by atoms with E-state index in [0.717, 1.165) is 35.4 Å². The van der Waals surface area contributed by atoms with Crippen molar-refractivity contribution in [2.24, 2.45) is 5.92 Å². The van der Waals surface area contributed by atoms with E-state index in [1.807, 2.05) is 48.5 Å². The van der Waals surface area contributed by atoms with Crippen LogP contribution < -0.4 is 10.1 Å². The van der Waals surface area contributed by atoms with Gasteiger partial charge in [-0.2, -0.15) is 0 Å². The number of hydrogen-bond acceptors (Lipinski definition) is 4. The summed E-state index contributed by atoms with van der Waals surface area (Å²) in [4.78, 5) is 26.5. The normalized spacial score (nSPS) is 16.4. The molecule has 0 spiro atoms. The van der Waals surface area contributed by atoms with Crippen LogP contribution in [0.5, 0.6) is 5.75 Å². The molecule has 1 unspecified atom stereocenters. The Labute approximate surface area is 165 Å². The molecule has 1 fully saturated rings. The fourth-order valence-electron chi connectivity index (χ4n) is 3.42. The molecule has 1 aliphatic heterocycles. The largest absolute Gasteiger partial charge is 0.497 e. The number of carbonyl (C=O) groups excluding carboxylic acids is 2. The lowest BCUT2D eigenvalue weighted by molar-refractivity contribution is -0.121. The van der Waals surface area contributed by atoms with Gasteiger partial charge in [-0.05, 0) is 43.5 Å². The van der Waals surface area contributed by atoms with E-state index >= 15 is 0 Å². The van der Waals surface area contributed by atoms with E-state index in [0.29, 0.717) is 19.7 Å². The first-order valence-corrected chi connectivity index (χ1v) is 9.58. The number of piperidine rings is 1. The molecule has 0 aromatic heterocycles. The average Bonchev–Trinajstić information content (AvgIpc) is 2.74. The van der Waals surface area contributed by atoms with Crippen LogP contribution in [0.2, 0.25) is 0 Å². The van der Waals surface area contributed by atoms with Gasteiger partial charge in [0.15, 0.2) is 0 Å². The minimum atomic E-state index is -0.348. The number of likely N-dealkylation sites (tertiary alicyclic amines) is 1. The zero-order valence-electron chi connectivity index (χ0n) is 16.3. The molecule has 0 radical (unpaired) electrons. The maximum absolute atomic E-state index is 12.9. The summed E-state index contributed by atoms with van der Waals surface area (Å²) in [6.45, 7) is 3.13. The topological polar surface area (TPSA) is 67.9 Å². The maximum Gasteiger partial charge on any atom is 0.409 e. The number of methoxy groups -OCH3 is 1. The van der Waals surface area contributed by atoms with Crippen LogP contribution in [0.3, 0.4) is 0 Å². The van der Waals surface area contributed by atoms with Crippen molar-refractivity contribution in [1.82, 2.24) is 4.90 Å². The SMILES string of the molecule is CCOC(=O)N1CCCC(C(=O)Nc2ccccc2-c2ccc(OC)cc2)C1. The van der Waals surface area contributed by atoms with E-state index in [4.69, 9.17) is 9.47 Å². The fourth-order valence-corrected chi connectivity index (χ4v) is 3.42. The number of carbonyl (C=O) groups is 2. The van der Waals surface area contributed by atoms with E-state index < -0.39 is 0 Å². The molecule has 1 heterocycles. The number of benzene rings is 2. The van der Waals surface area contributed by atoms with Crippen molar-refractivity contribution >= 4 is 17.7 Å². The zero-order valence-corrected chi connectivity index (χ0v) is 16.3. The van der Waals surface area contributed by atoms with E-state index in [9.17, 15) is 9.59 Å². The second-order valence-corrected chi connectivity index (χ2v) is 6.75. The molecule has 0 saturated carbocycles. The summed E-state index contributed by atoms with van der Waals surface area (Å²) in [5.41, 5.74) is 2.69. The van der Waals surface area contributed by atoms with Crippen LogP contribution in [0.1, 0.15) is 19.8 Å². The van der Waals surface area contributed by atoms with Crippen LogP contribution in [0.25, 0.3) is 11.1 Å². The van der Waals surface area contributed by atoms with E-state index in [1.54, 1.807) is 18.9 Å². The van der Waals surface area contributed by atoms with Crippen LogP contribution >= 0.6 is 0 Å². The molecule has 6 heteroatoms. The summed E-state index contributed by atoms with van der Waals surface area (Å²) < 4.78 is 10.3. The second-order valence-electron chi connectivity index (χ2n) is 6.75. The number of nitrogens with zero attached hydrogens (tertiary/aromatic N) is 1. The molecule has 2 aromatic rings. The Balaban J connectivity index is 1.72. The second kappa shape index (κ2) is 9.26. The van der Waals surface area contributed by atoms with Crippen LogP contribution in [0, 0.1) is 5.92 Å².